The van der Waals surface area contributed by atoms with Crippen LogP contribution in [0.4, 0.5) is 5.69 Å². The molecule has 0 amide bonds. The van der Waals surface area contributed by atoms with Gasteiger partial charge in [0.05, 0.1) is 17.4 Å². The van der Waals surface area contributed by atoms with E-state index in [1.807, 2.05) is 11.8 Å². The molecule has 16 heavy (non-hydrogen) atoms. The fourth-order valence-corrected chi connectivity index (χ4v) is 1.55. The quantitative estimate of drug-likeness (QED) is 0.746. The van der Waals surface area contributed by atoms with Gasteiger partial charge in [0.1, 0.15) is 0 Å². The highest BCUT2D eigenvalue weighted by Crippen LogP contribution is 2.19. The summed E-state index contributed by atoms with van der Waals surface area (Å²) in [5.74, 6) is -0.928. The summed E-state index contributed by atoms with van der Waals surface area (Å²) in [5, 5.41) is 9.07. The van der Waals surface area contributed by atoms with Crippen LogP contribution in [0.2, 0.25) is 0 Å². The zero-order valence-corrected chi connectivity index (χ0v) is 9.39. The minimum absolute atomic E-state index is 0.283. The lowest BCUT2D eigenvalue weighted by Crippen LogP contribution is -2.26. The van der Waals surface area contributed by atoms with Crippen molar-refractivity contribution in [3.63, 3.8) is 0 Å². The number of carbonyl (C=O) groups is 1. The van der Waals surface area contributed by atoms with Crippen molar-refractivity contribution < 1.29 is 9.90 Å². The molecule has 1 rings (SSSR count). The number of carboxylic acid groups (broad SMARTS) is 1. The monoisotopic (exact) mass is 220 g/mol. The molecule has 0 saturated carbocycles. The van der Waals surface area contributed by atoms with Crippen molar-refractivity contribution >= 4 is 11.7 Å². The third kappa shape index (κ3) is 2.82. The van der Waals surface area contributed by atoms with E-state index in [0.29, 0.717) is 12.2 Å². The van der Waals surface area contributed by atoms with Gasteiger partial charge in [0, 0.05) is 19.3 Å². The molecule has 86 valence electrons. The molecule has 0 saturated heterocycles. The van der Waals surface area contributed by atoms with E-state index in [0.717, 1.165) is 13.0 Å². The molecule has 0 aromatic carbocycles. The number of aromatic nitrogens is 1. The van der Waals surface area contributed by atoms with Gasteiger partial charge in [-0.05, 0) is 12.5 Å². The second-order valence-corrected chi connectivity index (χ2v) is 3.43. The summed E-state index contributed by atoms with van der Waals surface area (Å²) in [6.45, 7) is 7.14. The lowest BCUT2D eigenvalue weighted by Gasteiger charge is -2.23. The number of pyridine rings is 1. The molecule has 0 unspecified atom stereocenters. The highest BCUT2D eigenvalue weighted by Gasteiger charge is 2.14. The molecule has 1 N–H and O–H groups in total. The Balaban J connectivity index is 3.06. The second-order valence-electron chi connectivity index (χ2n) is 3.43. The normalized spacial score (nSPS) is 9.81. The molecule has 0 atom stereocenters. The summed E-state index contributed by atoms with van der Waals surface area (Å²) < 4.78 is 0. The standard InChI is InChI=1S/C12H16N2O2/c1-3-7-14(8-4-2)11-9-13-6-5-10(11)12(15)16/h3,5-6,9H,1,4,7-8H2,2H3,(H,15,16). The van der Waals surface area contributed by atoms with Crippen LogP contribution >= 0.6 is 0 Å². The van der Waals surface area contributed by atoms with Crippen molar-refractivity contribution in [1.82, 2.24) is 4.98 Å². The highest BCUT2D eigenvalue weighted by atomic mass is 16.4. The summed E-state index contributed by atoms with van der Waals surface area (Å²) >= 11 is 0. The Morgan fingerprint density at radius 3 is 3.00 bits per heavy atom. The predicted molar refractivity (Wildman–Crippen MR) is 63.9 cm³/mol. The maximum atomic E-state index is 11.1. The summed E-state index contributed by atoms with van der Waals surface area (Å²) in [5.41, 5.74) is 0.932. The number of anilines is 1. The Morgan fingerprint density at radius 2 is 2.44 bits per heavy atom. The van der Waals surface area contributed by atoms with Gasteiger partial charge >= 0.3 is 5.97 Å². The van der Waals surface area contributed by atoms with Crippen molar-refractivity contribution in [2.75, 3.05) is 18.0 Å². The van der Waals surface area contributed by atoms with Crippen LogP contribution in [-0.2, 0) is 0 Å². The van der Waals surface area contributed by atoms with E-state index >= 15 is 0 Å². The van der Waals surface area contributed by atoms with E-state index in [4.69, 9.17) is 5.11 Å². The average Bonchev–Trinajstić information content (AvgIpc) is 2.29. The molecular formula is C12H16N2O2. The topological polar surface area (TPSA) is 53.4 Å². The zero-order chi connectivity index (χ0) is 12.0. The fourth-order valence-electron chi connectivity index (χ4n) is 1.55. The van der Waals surface area contributed by atoms with E-state index in [2.05, 4.69) is 11.6 Å². The van der Waals surface area contributed by atoms with Crippen molar-refractivity contribution in [3.8, 4) is 0 Å². The molecule has 1 heterocycles. The first kappa shape index (κ1) is 12.2. The van der Waals surface area contributed by atoms with Crippen LogP contribution in [0.5, 0.6) is 0 Å². The van der Waals surface area contributed by atoms with Crippen molar-refractivity contribution in [1.29, 1.82) is 0 Å². The largest absolute Gasteiger partial charge is 0.478 e. The molecule has 4 nitrogen and oxygen atoms in total. The van der Waals surface area contributed by atoms with Crippen LogP contribution in [0.1, 0.15) is 23.7 Å². The second kappa shape index (κ2) is 5.90. The van der Waals surface area contributed by atoms with Crippen molar-refractivity contribution in [3.05, 3.63) is 36.7 Å². The Hall–Kier alpha value is -1.84. The number of hydrogen-bond donors (Lipinski definition) is 1. The first-order chi connectivity index (χ1) is 7.70. The molecule has 0 spiro atoms. The molecule has 0 aliphatic heterocycles. The lowest BCUT2D eigenvalue weighted by molar-refractivity contribution is 0.0697. The Labute approximate surface area is 95.2 Å². The number of aromatic carboxylic acids is 1. The van der Waals surface area contributed by atoms with Crippen LogP contribution in [0.15, 0.2) is 31.1 Å². The molecule has 1 aromatic heterocycles. The number of rotatable bonds is 6. The summed E-state index contributed by atoms with van der Waals surface area (Å²) in [6.07, 6.45) is 5.78. The Bertz CT molecular complexity index is 377. The average molecular weight is 220 g/mol. The van der Waals surface area contributed by atoms with E-state index in [1.165, 1.54) is 12.3 Å². The van der Waals surface area contributed by atoms with Gasteiger partial charge in [0.15, 0.2) is 0 Å². The van der Waals surface area contributed by atoms with Crippen molar-refractivity contribution in [2.24, 2.45) is 0 Å². The van der Waals surface area contributed by atoms with Crippen molar-refractivity contribution in [2.45, 2.75) is 13.3 Å². The fraction of sp³-hybridized carbons (Fsp3) is 0.333. The number of carboxylic acids is 1. The van der Waals surface area contributed by atoms with Gasteiger partial charge in [0.25, 0.3) is 0 Å². The van der Waals surface area contributed by atoms with Gasteiger partial charge in [-0.3, -0.25) is 4.98 Å². The predicted octanol–water partition coefficient (Wildman–Crippen LogP) is 2.18. The van der Waals surface area contributed by atoms with Gasteiger partial charge < -0.3 is 10.0 Å². The SMILES string of the molecule is C=CCN(CCC)c1cnccc1C(=O)O. The first-order valence-corrected chi connectivity index (χ1v) is 5.23. The van der Waals surface area contributed by atoms with Gasteiger partial charge in [-0.1, -0.05) is 13.0 Å². The first-order valence-electron chi connectivity index (χ1n) is 5.23. The van der Waals surface area contributed by atoms with Crippen LogP contribution in [0, 0.1) is 0 Å². The van der Waals surface area contributed by atoms with Gasteiger partial charge in [-0.15, -0.1) is 6.58 Å². The third-order valence-corrected chi connectivity index (χ3v) is 2.21. The van der Waals surface area contributed by atoms with Gasteiger partial charge in [-0.25, -0.2) is 4.79 Å². The maximum absolute atomic E-state index is 11.1. The van der Waals surface area contributed by atoms with E-state index in [-0.39, 0.29) is 5.56 Å². The number of nitrogens with zero attached hydrogens (tertiary/aromatic N) is 2. The van der Waals surface area contributed by atoms with E-state index in [9.17, 15) is 4.79 Å². The lowest BCUT2D eigenvalue weighted by atomic mass is 10.2. The minimum Gasteiger partial charge on any atom is -0.478 e. The molecule has 4 heteroatoms. The summed E-state index contributed by atoms with van der Waals surface area (Å²) in [6, 6.07) is 1.52. The summed E-state index contributed by atoms with van der Waals surface area (Å²) in [4.78, 5) is 17.0. The van der Waals surface area contributed by atoms with Gasteiger partial charge in [0.2, 0.25) is 0 Å². The van der Waals surface area contributed by atoms with Crippen LogP contribution < -0.4 is 4.90 Å². The van der Waals surface area contributed by atoms with Crippen LogP contribution in [0.25, 0.3) is 0 Å². The Morgan fingerprint density at radius 1 is 1.69 bits per heavy atom. The smallest absolute Gasteiger partial charge is 0.337 e. The third-order valence-electron chi connectivity index (χ3n) is 2.21. The molecule has 0 radical (unpaired) electrons. The molecule has 0 fully saturated rings. The van der Waals surface area contributed by atoms with Gasteiger partial charge in [-0.2, -0.15) is 0 Å². The molecule has 0 aliphatic rings. The number of hydrogen-bond acceptors (Lipinski definition) is 3. The maximum Gasteiger partial charge on any atom is 0.337 e. The molecule has 0 bridgehead atoms. The molecular weight excluding hydrogens is 204 g/mol. The van der Waals surface area contributed by atoms with Crippen LogP contribution in [0.3, 0.4) is 0 Å². The van der Waals surface area contributed by atoms with E-state index in [1.54, 1.807) is 12.3 Å². The summed E-state index contributed by atoms with van der Waals surface area (Å²) in [7, 11) is 0. The van der Waals surface area contributed by atoms with Crippen LogP contribution in [-0.4, -0.2) is 29.1 Å². The zero-order valence-electron chi connectivity index (χ0n) is 9.39. The minimum atomic E-state index is -0.928. The molecule has 0 aliphatic carbocycles. The highest BCUT2D eigenvalue weighted by molar-refractivity contribution is 5.94. The van der Waals surface area contributed by atoms with E-state index < -0.39 is 5.97 Å². The molecule has 1 aromatic rings. The Kier molecular flexibility index (Phi) is 4.51.